The molecule has 0 aliphatic carbocycles. The lowest BCUT2D eigenvalue weighted by atomic mass is 10.3. The molecule has 21 heavy (non-hydrogen) atoms. The number of anilines is 1. The van der Waals surface area contributed by atoms with Crippen molar-refractivity contribution in [2.45, 2.75) is 11.3 Å². The van der Waals surface area contributed by atoms with Gasteiger partial charge in [0.2, 0.25) is 5.91 Å². The number of rotatable bonds is 6. The Morgan fingerprint density at radius 1 is 1.33 bits per heavy atom. The van der Waals surface area contributed by atoms with Crippen molar-refractivity contribution >= 4 is 40.1 Å². The second-order valence-electron chi connectivity index (χ2n) is 4.05. The van der Waals surface area contributed by atoms with Gasteiger partial charge >= 0.3 is 5.97 Å². The van der Waals surface area contributed by atoms with E-state index in [9.17, 15) is 9.59 Å². The molecule has 0 bridgehead atoms. The molecule has 0 aliphatic rings. The fraction of sp³-hybridized carbons (Fsp3) is 0.214. The van der Waals surface area contributed by atoms with Crippen LogP contribution in [0.5, 0.6) is 0 Å². The molecule has 0 saturated heterocycles. The molecular formula is C14H14N2O3S2. The number of carbonyl (C=O) groups excluding carboxylic acids is 2. The van der Waals surface area contributed by atoms with Crippen molar-refractivity contribution in [3.8, 4) is 0 Å². The fourth-order valence-corrected chi connectivity index (χ4v) is 2.93. The fourth-order valence-electron chi connectivity index (χ4n) is 1.49. The smallest absolute Gasteiger partial charge is 0.311 e. The third kappa shape index (κ3) is 5.20. The zero-order valence-electron chi connectivity index (χ0n) is 11.4. The highest BCUT2D eigenvalue weighted by Gasteiger charge is 2.10. The van der Waals surface area contributed by atoms with E-state index in [2.05, 4.69) is 15.0 Å². The number of hydrogen-bond acceptors (Lipinski definition) is 6. The molecule has 110 valence electrons. The predicted molar refractivity (Wildman–Crippen MR) is 83.6 cm³/mol. The van der Waals surface area contributed by atoms with Crippen molar-refractivity contribution in [2.24, 2.45) is 0 Å². The zero-order valence-corrected chi connectivity index (χ0v) is 13.0. The quantitative estimate of drug-likeness (QED) is 0.654. The maximum Gasteiger partial charge on any atom is 0.311 e. The highest BCUT2D eigenvalue weighted by molar-refractivity contribution is 8.00. The van der Waals surface area contributed by atoms with Crippen LogP contribution in [0, 0.1) is 0 Å². The van der Waals surface area contributed by atoms with E-state index in [1.165, 1.54) is 30.2 Å². The molecule has 1 heterocycles. The molecule has 2 aromatic rings. The van der Waals surface area contributed by atoms with Crippen molar-refractivity contribution in [1.29, 1.82) is 0 Å². The molecule has 1 amide bonds. The Morgan fingerprint density at radius 3 is 2.81 bits per heavy atom. The summed E-state index contributed by atoms with van der Waals surface area (Å²) in [6, 6.07) is 9.70. The number of amides is 1. The molecule has 5 nitrogen and oxygen atoms in total. The van der Waals surface area contributed by atoms with Gasteiger partial charge in [0, 0.05) is 10.3 Å². The van der Waals surface area contributed by atoms with E-state index in [-0.39, 0.29) is 18.3 Å². The molecule has 1 aromatic heterocycles. The largest absolute Gasteiger partial charge is 0.469 e. The average molecular weight is 322 g/mol. The van der Waals surface area contributed by atoms with Crippen LogP contribution in [-0.2, 0) is 20.7 Å². The summed E-state index contributed by atoms with van der Waals surface area (Å²) in [5, 5.41) is 4.95. The molecule has 0 saturated carbocycles. The molecule has 0 spiro atoms. The number of esters is 1. The van der Waals surface area contributed by atoms with Gasteiger partial charge in [-0.05, 0) is 12.1 Å². The third-order valence-electron chi connectivity index (χ3n) is 2.46. The van der Waals surface area contributed by atoms with Crippen molar-refractivity contribution in [3.05, 3.63) is 41.4 Å². The molecule has 2 rings (SSSR count). The first-order chi connectivity index (χ1) is 10.2. The Bertz CT molecular complexity index is 614. The Kier molecular flexibility index (Phi) is 5.77. The van der Waals surface area contributed by atoms with Crippen molar-refractivity contribution in [3.63, 3.8) is 0 Å². The highest BCUT2D eigenvalue weighted by atomic mass is 32.2. The van der Waals surface area contributed by atoms with Crippen LogP contribution >= 0.6 is 23.1 Å². The molecule has 0 aliphatic heterocycles. The first-order valence-electron chi connectivity index (χ1n) is 6.16. The minimum Gasteiger partial charge on any atom is -0.469 e. The normalized spacial score (nSPS) is 10.1. The van der Waals surface area contributed by atoms with Crippen LogP contribution in [0.25, 0.3) is 0 Å². The van der Waals surface area contributed by atoms with Gasteiger partial charge in [0.15, 0.2) is 5.13 Å². The van der Waals surface area contributed by atoms with Crippen molar-refractivity contribution in [1.82, 2.24) is 4.98 Å². The van der Waals surface area contributed by atoms with Gasteiger partial charge in [0.25, 0.3) is 0 Å². The van der Waals surface area contributed by atoms with Gasteiger partial charge in [-0.25, -0.2) is 4.98 Å². The second-order valence-corrected chi connectivity index (χ2v) is 5.95. The Hall–Kier alpha value is -1.86. The number of benzene rings is 1. The van der Waals surface area contributed by atoms with Gasteiger partial charge in [0.05, 0.1) is 25.0 Å². The van der Waals surface area contributed by atoms with Gasteiger partial charge in [-0.3, -0.25) is 9.59 Å². The molecule has 0 fully saturated rings. The SMILES string of the molecule is COC(=O)Cc1csc(NC(=O)CSc2ccccc2)n1. The van der Waals surface area contributed by atoms with Crippen molar-refractivity contribution < 1.29 is 14.3 Å². The number of aromatic nitrogens is 1. The van der Waals surface area contributed by atoms with Crippen LogP contribution in [0.2, 0.25) is 0 Å². The van der Waals surface area contributed by atoms with Crippen LogP contribution in [-0.4, -0.2) is 29.7 Å². The number of carbonyl (C=O) groups is 2. The topological polar surface area (TPSA) is 68.3 Å². The Morgan fingerprint density at radius 2 is 2.10 bits per heavy atom. The number of hydrogen-bond donors (Lipinski definition) is 1. The van der Waals surface area contributed by atoms with Gasteiger partial charge in [0.1, 0.15) is 0 Å². The number of nitrogens with zero attached hydrogens (tertiary/aromatic N) is 1. The lowest BCUT2D eigenvalue weighted by molar-refractivity contribution is -0.139. The molecule has 0 atom stereocenters. The summed E-state index contributed by atoms with van der Waals surface area (Å²) in [5.41, 5.74) is 0.595. The van der Waals surface area contributed by atoms with E-state index in [4.69, 9.17) is 0 Å². The number of thioether (sulfide) groups is 1. The van der Waals surface area contributed by atoms with Crippen LogP contribution in [0.1, 0.15) is 5.69 Å². The number of ether oxygens (including phenoxy) is 1. The number of methoxy groups -OCH3 is 1. The summed E-state index contributed by atoms with van der Waals surface area (Å²) in [7, 11) is 1.33. The van der Waals surface area contributed by atoms with Gasteiger partial charge in [-0.15, -0.1) is 23.1 Å². The minimum atomic E-state index is -0.349. The Balaban J connectivity index is 1.81. The number of nitrogens with one attached hydrogen (secondary N) is 1. The third-order valence-corrected chi connectivity index (χ3v) is 4.28. The minimum absolute atomic E-state index is 0.113. The lowest BCUT2D eigenvalue weighted by Crippen LogP contribution is -2.14. The summed E-state index contributed by atoms with van der Waals surface area (Å²) < 4.78 is 4.57. The monoisotopic (exact) mass is 322 g/mol. The second kappa shape index (κ2) is 7.80. The first kappa shape index (κ1) is 15.5. The van der Waals surface area contributed by atoms with Crippen LogP contribution in [0.15, 0.2) is 40.6 Å². The van der Waals surface area contributed by atoms with E-state index in [0.29, 0.717) is 16.6 Å². The van der Waals surface area contributed by atoms with E-state index in [1.54, 1.807) is 5.38 Å². The highest BCUT2D eigenvalue weighted by Crippen LogP contribution is 2.19. The van der Waals surface area contributed by atoms with E-state index >= 15 is 0 Å². The van der Waals surface area contributed by atoms with E-state index in [0.717, 1.165) is 4.90 Å². The summed E-state index contributed by atoms with van der Waals surface area (Å²) in [6.07, 6.45) is 0.113. The van der Waals surface area contributed by atoms with Crippen LogP contribution < -0.4 is 5.32 Å². The summed E-state index contributed by atoms with van der Waals surface area (Å²) in [4.78, 5) is 28.1. The van der Waals surface area contributed by atoms with Crippen molar-refractivity contribution in [2.75, 3.05) is 18.2 Å². The molecule has 0 unspecified atom stereocenters. The molecular weight excluding hydrogens is 308 g/mol. The first-order valence-corrected chi connectivity index (χ1v) is 8.03. The van der Waals surface area contributed by atoms with Crippen LogP contribution in [0.4, 0.5) is 5.13 Å². The average Bonchev–Trinajstić information content (AvgIpc) is 2.93. The van der Waals surface area contributed by atoms with Gasteiger partial charge < -0.3 is 10.1 Å². The molecule has 1 aromatic carbocycles. The van der Waals surface area contributed by atoms with Gasteiger partial charge in [-0.1, -0.05) is 18.2 Å². The van der Waals surface area contributed by atoms with E-state index < -0.39 is 0 Å². The maximum absolute atomic E-state index is 11.8. The standard InChI is InChI=1S/C14H14N2O3S2/c1-19-13(18)7-10-8-21-14(15-10)16-12(17)9-20-11-5-3-2-4-6-11/h2-6,8H,7,9H2,1H3,(H,15,16,17). The molecule has 0 radical (unpaired) electrons. The predicted octanol–water partition coefficient (Wildman–Crippen LogP) is 2.59. The molecule has 1 N–H and O–H groups in total. The summed E-state index contributed by atoms with van der Waals surface area (Å²) in [6.45, 7) is 0. The summed E-state index contributed by atoms with van der Waals surface area (Å²) >= 11 is 2.75. The van der Waals surface area contributed by atoms with Crippen LogP contribution in [0.3, 0.4) is 0 Å². The summed E-state index contributed by atoms with van der Waals surface area (Å²) in [5.74, 6) is -0.156. The Labute approximate surface area is 130 Å². The lowest BCUT2D eigenvalue weighted by Gasteiger charge is -2.01. The van der Waals surface area contributed by atoms with Gasteiger partial charge in [-0.2, -0.15) is 0 Å². The molecule has 7 heteroatoms. The maximum atomic E-state index is 11.8. The van der Waals surface area contributed by atoms with E-state index in [1.807, 2.05) is 30.3 Å². The number of thiazole rings is 1. The zero-order chi connectivity index (χ0) is 15.1.